The van der Waals surface area contributed by atoms with Crippen LogP contribution in [-0.2, 0) is 4.79 Å². The number of unbranched alkanes of at least 4 members (excludes halogenated alkanes) is 1. The molecule has 0 aliphatic carbocycles. The van der Waals surface area contributed by atoms with Crippen LogP contribution in [0.5, 0.6) is 0 Å². The molecule has 1 unspecified atom stereocenters. The molecular formula is C13H22NO3+. The van der Waals surface area contributed by atoms with E-state index in [0.717, 1.165) is 25.7 Å². The molecule has 0 aromatic rings. The topological polar surface area (TPSA) is 54.4 Å². The Morgan fingerprint density at radius 2 is 2.12 bits per heavy atom. The molecule has 1 fully saturated rings. The van der Waals surface area contributed by atoms with E-state index in [1.54, 1.807) is 0 Å². The van der Waals surface area contributed by atoms with Crippen molar-refractivity contribution in [3.63, 3.8) is 0 Å². The first kappa shape index (κ1) is 13.9. The van der Waals surface area contributed by atoms with Gasteiger partial charge in [0, 0.05) is 12.8 Å². The molecule has 0 radical (unpaired) electrons. The van der Waals surface area contributed by atoms with Gasteiger partial charge in [-0.25, -0.2) is 4.79 Å². The van der Waals surface area contributed by atoms with E-state index in [0.29, 0.717) is 18.5 Å². The number of carbonyl (C=O) groups is 2. The van der Waals surface area contributed by atoms with Crippen molar-refractivity contribution >= 4 is 12.0 Å². The molecule has 1 rings (SSSR count). The van der Waals surface area contributed by atoms with E-state index in [2.05, 4.69) is 6.58 Å². The molecule has 1 aliphatic rings. The van der Waals surface area contributed by atoms with Gasteiger partial charge in [0.1, 0.15) is 6.04 Å². The molecule has 0 aromatic carbocycles. The summed E-state index contributed by atoms with van der Waals surface area (Å²) in [5.41, 5.74) is 0.461. The summed E-state index contributed by atoms with van der Waals surface area (Å²) in [6.07, 6.45) is 3.03. The van der Waals surface area contributed by atoms with Gasteiger partial charge in [-0.05, 0) is 19.8 Å². The standard InChI is InChI=1S/C13H21NO3/c1-4-5-7-10(2)12(15)14(13(16)17)9-6-8-11(14)3/h11H,2,4-9H2,1,3H3/p+1/t11-,14?/m1/s1. The van der Waals surface area contributed by atoms with E-state index < -0.39 is 10.6 Å². The minimum atomic E-state index is -1.03. The summed E-state index contributed by atoms with van der Waals surface area (Å²) in [5, 5.41) is 9.39. The minimum Gasteiger partial charge on any atom is -0.435 e. The van der Waals surface area contributed by atoms with Gasteiger partial charge >= 0.3 is 12.0 Å². The maximum Gasteiger partial charge on any atom is 0.521 e. The first-order chi connectivity index (χ1) is 7.96. The highest BCUT2D eigenvalue weighted by Crippen LogP contribution is 2.30. The molecule has 1 N–H and O–H groups in total. The average molecular weight is 240 g/mol. The van der Waals surface area contributed by atoms with Crippen molar-refractivity contribution in [1.82, 2.24) is 0 Å². The number of hydrogen-bond acceptors (Lipinski definition) is 2. The molecule has 4 heteroatoms. The zero-order chi connectivity index (χ0) is 13.1. The Bertz CT molecular complexity index is 338. The smallest absolute Gasteiger partial charge is 0.435 e. The van der Waals surface area contributed by atoms with E-state index in [9.17, 15) is 14.7 Å². The number of quaternary nitrogens is 1. The molecule has 1 aliphatic heterocycles. The van der Waals surface area contributed by atoms with Crippen LogP contribution in [0.4, 0.5) is 4.79 Å². The van der Waals surface area contributed by atoms with Crippen molar-refractivity contribution in [3.8, 4) is 0 Å². The number of imide groups is 1. The lowest BCUT2D eigenvalue weighted by atomic mass is 10.1. The molecule has 0 bridgehead atoms. The van der Waals surface area contributed by atoms with Crippen LogP contribution in [0.3, 0.4) is 0 Å². The molecule has 1 saturated heterocycles. The Balaban J connectivity index is 2.89. The third kappa shape index (κ3) is 2.41. The number of rotatable bonds is 4. The fraction of sp³-hybridized carbons (Fsp3) is 0.692. The summed E-state index contributed by atoms with van der Waals surface area (Å²) >= 11 is 0. The third-order valence-corrected chi connectivity index (χ3v) is 3.72. The van der Waals surface area contributed by atoms with Crippen LogP contribution < -0.4 is 0 Å². The quantitative estimate of drug-likeness (QED) is 0.607. The van der Waals surface area contributed by atoms with E-state index in [1.807, 2.05) is 13.8 Å². The summed E-state index contributed by atoms with van der Waals surface area (Å²) in [4.78, 5) is 23.8. The van der Waals surface area contributed by atoms with Crippen molar-refractivity contribution < 1.29 is 19.2 Å². The van der Waals surface area contributed by atoms with Gasteiger partial charge in [-0.3, -0.25) is 0 Å². The van der Waals surface area contributed by atoms with Crippen LogP contribution in [0.1, 0.15) is 46.0 Å². The second-order valence-corrected chi connectivity index (χ2v) is 4.88. The largest absolute Gasteiger partial charge is 0.521 e. The number of amides is 2. The highest BCUT2D eigenvalue weighted by Gasteiger charge is 2.53. The summed E-state index contributed by atoms with van der Waals surface area (Å²) in [6, 6.07) is -0.140. The molecule has 4 nitrogen and oxygen atoms in total. The van der Waals surface area contributed by atoms with E-state index in [1.165, 1.54) is 0 Å². The van der Waals surface area contributed by atoms with Crippen LogP contribution in [0.25, 0.3) is 0 Å². The van der Waals surface area contributed by atoms with Crippen LogP contribution in [-0.4, -0.2) is 34.2 Å². The molecule has 2 amide bonds. The number of nitrogens with zero attached hydrogens (tertiary/aromatic N) is 1. The fourth-order valence-electron chi connectivity index (χ4n) is 2.53. The monoisotopic (exact) mass is 240 g/mol. The van der Waals surface area contributed by atoms with Crippen molar-refractivity contribution in [2.45, 2.75) is 52.0 Å². The van der Waals surface area contributed by atoms with E-state index >= 15 is 0 Å². The summed E-state index contributed by atoms with van der Waals surface area (Å²) in [7, 11) is 0. The average Bonchev–Trinajstić information content (AvgIpc) is 2.67. The number of hydrogen-bond donors (Lipinski definition) is 1. The lowest BCUT2D eigenvalue weighted by Crippen LogP contribution is -2.58. The first-order valence-electron chi connectivity index (χ1n) is 6.30. The van der Waals surface area contributed by atoms with Gasteiger partial charge in [-0.1, -0.05) is 19.9 Å². The maximum atomic E-state index is 12.3. The first-order valence-corrected chi connectivity index (χ1v) is 6.30. The predicted molar refractivity (Wildman–Crippen MR) is 65.5 cm³/mol. The molecule has 1 heterocycles. The second kappa shape index (κ2) is 5.45. The minimum absolute atomic E-state index is 0.140. The van der Waals surface area contributed by atoms with Crippen molar-refractivity contribution in [2.24, 2.45) is 0 Å². The van der Waals surface area contributed by atoms with Gasteiger partial charge in [0.25, 0.3) is 0 Å². The summed E-state index contributed by atoms with van der Waals surface area (Å²) in [6.45, 7) is 8.05. The second-order valence-electron chi connectivity index (χ2n) is 4.88. The highest BCUT2D eigenvalue weighted by molar-refractivity contribution is 5.93. The van der Waals surface area contributed by atoms with Gasteiger partial charge < -0.3 is 5.11 Å². The van der Waals surface area contributed by atoms with Crippen molar-refractivity contribution in [3.05, 3.63) is 12.2 Å². The van der Waals surface area contributed by atoms with Gasteiger partial charge in [0.15, 0.2) is 0 Å². The lowest BCUT2D eigenvalue weighted by Gasteiger charge is -2.30. The van der Waals surface area contributed by atoms with Crippen molar-refractivity contribution in [2.75, 3.05) is 6.54 Å². The van der Waals surface area contributed by atoms with Crippen LogP contribution in [0.2, 0.25) is 0 Å². The molecular weight excluding hydrogens is 218 g/mol. The van der Waals surface area contributed by atoms with Crippen LogP contribution >= 0.6 is 0 Å². The molecule has 0 aromatic heterocycles. The third-order valence-electron chi connectivity index (χ3n) is 3.72. The van der Waals surface area contributed by atoms with E-state index in [4.69, 9.17) is 0 Å². The predicted octanol–water partition coefficient (Wildman–Crippen LogP) is 2.94. The van der Waals surface area contributed by atoms with Gasteiger partial charge in [-0.15, -0.1) is 0 Å². The van der Waals surface area contributed by atoms with Gasteiger partial charge in [0.05, 0.1) is 12.1 Å². The Morgan fingerprint density at radius 3 is 2.53 bits per heavy atom. The Hall–Kier alpha value is -1.16. The maximum absolute atomic E-state index is 12.3. The van der Waals surface area contributed by atoms with Crippen molar-refractivity contribution in [1.29, 1.82) is 0 Å². The van der Waals surface area contributed by atoms with Gasteiger partial charge in [-0.2, -0.15) is 9.28 Å². The molecule has 17 heavy (non-hydrogen) atoms. The number of carbonyl (C=O) groups excluding carboxylic acids is 1. The lowest BCUT2D eigenvalue weighted by molar-refractivity contribution is -0.790. The Morgan fingerprint density at radius 1 is 1.47 bits per heavy atom. The van der Waals surface area contributed by atoms with E-state index in [-0.39, 0.29) is 11.9 Å². The zero-order valence-electron chi connectivity index (χ0n) is 10.7. The number of likely N-dealkylation sites (tertiary alicyclic amines) is 1. The summed E-state index contributed by atoms with van der Waals surface area (Å²) in [5.74, 6) is -0.295. The van der Waals surface area contributed by atoms with Crippen LogP contribution in [0.15, 0.2) is 12.2 Å². The highest BCUT2D eigenvalue weighted by atomic mass is 16.4. The summed E-state index contributed by atoms with van der Waals surface area (Å²) < 4.78 is -0.442. The fourth-order valence-corrected chi connectivity index (χ4v) is 2.53. The molecule has 0 saturated carbocycles. The normalized spacial score (nSPS) is 28.0. The van der Waals surface area contributed by atoms with Gasteiger partial charge in [0.2, 0.25) is 0 Å². The molecule has 96 valence electrons. The molecule has 0 spiro atoms. The SMILES string of the molecule is C=C(CCCC)C(=O)[N+]1(C(=O)O)CCC[C@H]1C. The zero-order valence-corrected chi connectivity index (χ0v) is 10.7. The molecule has 2 atom stereocenters. The van der Waals surface area contributed by atoms with Crippen LogP contribution in [0, 0.1) is 0 Å². The Kier molecular flexibility index (Phi) is 4.46. The number of carboxylic acid groups (broad SMARTS) is 1. The Labute approximate surface area is 103 Å².